The molecule has 1 amide bonds. The fourth-order valence-corrected chi connectivity index (χ4v) is 3.30. The predicted octanol–water partition coefficient (Wildman–Crippen LogP) is 2.01. The Bertz CT molecular complexity index is 1020. The molecule has 4 rings (SSSR count). The van der Waals surface area contributed by atoms with Gasteiger partial charge in [0.15, 0.2) is 5.82 Å². The number of aromatic nitrogens is 3. The minimum absolute atomic E-state index is 0.00354. The Hall–Kier alpha value is -3.22. The maximum Gasteiger partial charge on any atom is 0.259 e. The number of aryl methyl sites for hydroxylation is 2. The van der Waals surface area contributed by atoms with E-state index in [-0.39, 0.29) is 24.1 Å². The monoisotopic (exact) mass is 350 g/mol. The third-order valence-electron chi connectivity index (χ3n) is 4.54. The van der Waals surface area contributed by atoms with E-state index < -0.39 is 0 Å². The van der Waals surface area contributed by atoms with Crippen LogP contribution in [0, 0.1) is 6.92 Å². The van der Waals surface area contributed by atoms with E-state index in [2.05, 4.69) is 21.5 Å². The molecular weight excluding hydrogens is 332 g/mol. The van der Waals surface area contributed by atoms with Crippen molar-refractivity contribution in [3.8, 4) is 11.5 Å². The number of hydrogen-bond acceptors (Lipinski definition) is 5. The molecule has 7 heteroatoms. The van der Waals surface area contributed by atoms with Crippen molar-refractivity contribution >= 4 is 5.91 Å². The number of pyridine rings is 1. The van der Waals surface area contributed by atoms with Crippen molar-refractivity contribution in [1.82, 2.24) is 20.0 Å². The summed E-state index contributed by atoms with van der Waals surface area (Å²) in [4.78, 5) is 28.7. The standard InChI is InChI=1S/C19H18N4O3/c1-12-20-19(26-22-12)14-7-9-18(25)23(10-14)11-17(24)21-16-8-6-13-4-2-3-5-15(13)16/h2-5,7,9-10,16H,6,8,11H2,1H3,(H,21,24). The van der Waals surface area contributed by atoms with Gasteiger partial charge in [-0.1, -0.05) is 29.4 Å². The zero-order chi connectivity index (χ0) is 18.1. The molecule has 132 valence electrons. The Morgan fingerprint density at radius 2 is 2.15 bits per heavy atom. The van der Waals surface area contributed by atoms with Gasteiger partial charge in [0.1, 0.15) is 6.54 Å². The molecule has 26 heavy (non-hydrogen) atoms. The van der Waals surface area contributed by atoms with Gasteiger partial charge < -0.3 is 14.4 Å². The second kappa shape index (κ2) is 6.59. The first-order valence-corrected chi connectivity index (χ1v) is 8.48. The SMILES string of the molecule is Cc1noc(-c2ccc(=O)n(CC(=O)NC3CCc4ccccc43)c2)n1. The first-order valence-electron chi connectivity index (χ1n) is 8.48. The Morgan fingerprint density at radius 1 is 1.31 bits per heavy atom. The lowest BCUT2D eigenvalue weighted by Gasteiger charge is -2.15. The van der Waals surface area contributed by atoms with Gasteiger partial charge >= 0.3 is 0 Å². The molecule has 7 nitrogen and oxygen atoms in total. The second-order valence-electron chi connectivity index (χ2n) is 6.39. The van der Waals surface area contributed by atoms with Crippen molar-refractivity contribution < 1.29 is 9.32 Å². The number of nitrogens with zero attached hydrogens (tertiary/aromatic N) is 3. The van der Waals surface area contributed by atoms with E-state index in [0.29, 0.717) is 17.3 Å². The molecule has 1 aromatic carbocycles. The van der Waals surface area contributed by atoms with Crippen LogP contribution in [-0.4, -0.2) is 20.6 Å². The second-order valence-corrected chi connectivity index (χ2v) is 6.39. The molecule has 2 heterocycles. The number of benzene rings is 1. The molecule has 0 fully saturated rings. The van der Waals surface area contributed by atoms with Gasteiger partial charge in [0, 0.05) is 12.3 Å². The van der Waals surface area contributed by atoms with E-state index in [1.54, 1.807) is 19.2 Å². The van der Waals surface area contributed by atoms with E-state index in [0.717, 1.165) is 18.4 Å². The smallest absolute Gasteiger partial charge is 0.259 e. The minimum Gasteiger partial charge on any atom is -0.348 e. The van der Waals surface area contributed by atoms with E-state index in [1.807, 2.05) is 18.2 Å². The highest BCUT2D eigenvalue weighted by Gasteiger charge is 2.23. The number of nitrogens with one attached hydrogen (secondary N) is 1. The van der Waals surface area contributed by atoms with Crippen LogP contribution in [0.1, 0.15) is 29.4 Å². The Balaban J connectivity index is 1.50. The van der Waals surface area contributed by atoms with Crippen molar-refractivity contribution in [1.29, 1.82) is 0 Å². The lowest BCUT2D eigenvalue weighted by molar-refractivity contribution is -0.122. The highest BCUT2D eigenvalue weighted by Crippen LogP contribution is 2.30. The number of rotatable bonds is 4. The molecule has 0 spiro atoms. The summed E-state index contributed by atoms with van der Waals surface area (Å²) >= 11 is 0. The molecule has 1 aliphatic rings. The van der Waals surface area contributed by atoms with Gasteiger partial charge in [-0.3, -0.25) is 9.59 Å². The molecule has 2 aromatic heterocycles. The van der Waals surface area contributed by atoms with Gasteiger partial charge in [-0.15, -0.1) is 0 Å². The van der Waals surface area contributed by atoms with Crippen LogP contribution < -0.4 is 10.9 Å². The fraction of sp³-hybridized carbons (Fsp3) is 0.263. The van der Waals surface area contributed by atoms with Crippen LogP contribution in [0.5, 0.6) is 0 Å². The summed E-state index contributed by atoms with van der Waals surface area (Å²) in [5, 5.41) is 6.77. The topological polar surface area (TPSA) is 90.0 Å². The van der Waals surface area contributed by atoms with Crippen LogP contribution in [0.15, 0.2) is 51.9 Å². The van der Waals surface area contributed by atoms with Crippen molar-refractivity contribution in [2.75, 3.05) is 0 Å². The summed E-state index contributed by atoms with van der Waals surface area (Å²) in [7, 11) is 0. The van der Waals surface area contributed by atoms with Crippen LogP contribution >= 0.6 is 0 Å². The number of amides is 1. The molecule has 0 bridgehead atoms. The number of hydrogen-bond donors (Lipinski definition) is 1. The molecule has 0 radical (unpaired) electrons. The third kappa shape index (κ3) is 3.15. The van der Waals surface area contributed by atoms with Crippen molar-refractivity contribution in [3.63, 3.8) is 0 Å². The summed E-state index contributed by atoms with van der Waals surface area (Å²) in [6, 6.07) is 11.1. The quantitative estimate of drug-likeness (QED) is 0.777. The summed E-state index contributed by atoms with van der Waals surface area (Å²) < 4.78 is 6.47. The van der Waals surface area contributed by atoms with Gasteiger partial charge in [0.25, 0.3) is 11.4 Å². The van der Waals surface area contributed by atoms with Crippen molar-refractivity contribution in [2.24, 2.45) is 0 Å². The van der Waals surface area contributed by atoms with Crippen LogP contribution in [-0.2, 0) is 17.8 Å². The highest BCUT2D eigenvalue weighted by atomic mass is 16.5. The molecule has 1 aliphatic carbocycles. The lowest BCUT2D eigenvalue weighted by atomic mass is 10.1. The maximum atomic E-state index is 12.5. The van der Waals surface area contributed by atoms with Crippen LogP contribution in [0.4, 0.5) is 0 Å². The number of carbonyl (C=O) groups is 1. The molecule has 0 aliphatic heterocycles. The zero-order valence-corrected chi connectivity index (χ0v) is 14.3. The predicted molar refractivity (Wildman–Crippen MR) is 94.4 cm³/mol. The normalized spacial score (nSPS) is 15.7. The number of fused-ring (bicyclic) bond motifs is 1. The van der Waals surface area contributed by atoms with Gasteiger partial charge in [0.2, 0.25) is 5.91 Å². The fourth-order valence-electron chi connectivity index (χ4n) is 3.30. The largest absolute Gasteiger partial charge is 0.348 e. The summed E-state index contributed by atoms with van der Waals surface area (Å²) in [6.07, 6.45) is 3.39. The lowest BCUT2D eigenvalue weighted by Crippen LogP contribution is -2.33. The Morgan fingerprint density at radius 3 is 2.96 bits per heavy atom. The van der Waals surface area contributed by atoms with E-state index >= 15 is 0 Å². The molecular formula is C19H18N4O3. The average molecular weight is 350 g/mol. The third-order valence-corrected chi connectivity index (χ3v) is 4.54. The molecule has 0 saturated heterocycles. The summed E-state index contributed by atoms with van der Waals surface area (Å²) in [5.74, 6) is 0.629. The van der Waals surface area contributed by atoms with E-state index in [1.165, 1.54) is 16.2 Å². The minimum atomic E-state index is -0.257. The van der Waals surface area contributed by atoms with Crippen LogP contribution in [0.3, 0.4) is 0 Å². The van der Waals surface area contributed by atoms with Crippen LogP contribution in [0.2, 0.25) is 0 Å². The summed E-state index contributed by atoms with van der Waals surface area (Å²) in [5.41, 5.74) is 2.77. The van der Waals surface area contributed by atoms with Crippen LogP contribution in [0.25, 0.3) is 11.5 Å². The van der Waals surface area contributed by atoms with Gasteiger partial charge in [-0.05, 0) is 37.0 Å². The first-order chi connectivity index (χ1) is 12.6. The van der Waals surface area contributed by atoms with Gasteiger partial charge in [0.05, 0.1) is 11.6 Å². The van der Waals surface area contributed by atoms with Crippen molar-refractivity contribution in [3.05, 3.63) is 69.9 Å². The first kappa shape index (κ1) is 16.3. The maximum absolute atomic E-state index is 12.5. The molecule has 0 saturated carbocycles. The number of carbonyl (C=O) groups excluding carboxylic acids is 1. The Labute approximate surface area is 149 Å². The van der Waals surface area contributed by atoms with Gasteiger partial charge in [-0.2, -0.15) is 4.98 Å². The average Bonchev–Trinajstić information content (AvgIpc) is 3.24. The molecule has 1 atom stereocenters. The molecule has 3 aromatic rings. The summed E-state index contributed by atoms with van der Waals surface area (Å²) in [6.45, 7) is 1.66. The zero-order valence-electron chi connectivity index (χ0n) is 14.3. The van der Waals surface area contributed by atoms with E-state index in [4.69, 9.17) is 4.52 Å². The Kier molecular flexibility index (Phi) is 4.12. The van der Waals surface area contributed by atoms with Crippen molar-refractivity contribution in [2.45, 2.75) is 32.4 Å². The molecule has 1 unspecified atom stereocenters. The van der Waals surface area contributed by atoms with Gasteiger partial charge in [-0.25, -0.2) is 0 Å². The highest BCUT2D eigenvalue weighted by molar-refractivity contribution is 5.76. The molecule has 1 N–H and O–H groups in total. The van der Waals surface area contributed by atoms with E-state index in [9.17, 15) is 9.59 Å².